The molecule has 156 valence electrons. The van der Waals surface area contributed by atoms with E-state index >= 15 is 0 Å². The molecule has 0 fully saturated rings. The number of allylic oxidation sites excluding steroid dienone is 4. The van der Waals surface area contributed by atoms with Crippen molar-refractivity contribution in [1.29, 1.82) is 0 Å². The number of unbranched alkanes of at least 4 members (excludes halogenated alkanes) is 3. The van der Waals surface area contributed by atoms with Crippen molar-refractivity contribution < 1.29 is 22.0 Å². The van der Waals surface area contributed by atoms with Crippen molar-refractivity contribution in [3.63, 3.8) is 0 Å². The van der Waals surface area contributed by atoms with Crippen LogP contribution in [-0.4, -0.2) is 0 Å². The first-order chi connectivity index (χ1) is 13.4. The molecule has 0 N–H and O–H groups in total. The largest absolute Gasteiger partial charge is 0.203 e. The molecule has 28 heavy (non-hydrogen) atoms. The summed E-state index contributed by atoms with van der Waals surface area (Å²) in [4.78, 5) is 0. The lowest BCUT2D eigenvalue weighted by Crippen LogP contribution is -2.07. The molecule has 0 saturated heterocycles. The Bertz CT molecular complexity index is 732. The molecule has 1 aromatic rings. The zero-order valence-corrected chi connectivity index (χ0v) is 16.9. The molecule has 5 heteroatoms. The normalized spacial score (nSPS) is 16.9. The number of benzene rings is 1. The summed E-state index contributed by atoms with van der Waals surface area (Å²) in [6, 6.07) is 0. The van der Waals surface area contributed by atoms with Gasteiger partial charge in [0.05, 0.1) is 5.56 Å². The van der Waals surface area contributed by atoms with Gasteiger partial charge in [-0.1, -0.05) is 58.1 Å². The summed E-state index contributed by atoms with van der Waals surface area (Å²) in [6.45, 7) is 6.15. The van der Waals surface area contributed by atoms with E-state index in [0.717, 1.165) is 62.5 Å². The van der Waals surface area contributed by atoms with E-state index < -0.39 is 34.6 Å². The van der Waals surface area contributed by atoms with Crippen LogP contribution >= 0.6 is 0 Å². The van der Waals surface area contributed by atoms with E-state index in [0.29, 0.717) is 6.42 Å². The predicted octanol–water partition coefficient (Wildman–Crippen LogP) is 8.26. The third kappa shape index (κ3) is 4.49. The van der Waals surface area contributed by atoms with Gasteiger partial charge >= 0.3 is 0 Å². The van der Waals surface area contributed by atoms with E-state index in [4.69, 9.17) is 0 Å². The summed E-state index contributed by atoms with van der Waals surface area (Å²) >= 11 is 0. The Balaban J connectivity index is 2.64. The maximum atomic E-state index is 14.5. The van der Waals surface area contributed by atoms with Gasteiger partial charge in [-0.15, -0.1) is 0 Å². The van der Waals surface area contributed by atoms with Crippen LogP contribution in [0.4, 0.5) is 22.0 Å². The first-order valence-electron chi connectivity index (χ1n) is 10.3. The Morgan fingerprint density at radius 1 is 0.679 bits per heavy atom. The lowest BCUT2D eigenvalue weighted by Gasteiger charge is -2.17. The highest BCUT2D eigenvalue weighted by molar-refractivity contribution is 5.84. The average Bonchev–Trinajstić information content (AvgIpc) is 3.03. The molecule has 1 aliphatic carbocycles. The van der Waals surface area contributed by atoms with Crippen LogP contribution in [0.2, 0.25) is 0 Å². The summed E-state index contributed by atoms with van der Waals surface area (Å²) < 4.78 is 70.2. The minimum atomic E-state index is -2.11. The predicted molar refractivity (Wildman–Crippen MR) is 103 cm³/mol. The lowest BCUT2D eigenvalue weighted by molar-refractivity contribution is 0.376. The van der Waals surface area contributed by atoms with Gasteiger partial charge in [0.1, 0.15) is 0 Å². The highest BCUT2D eigenvalue weighted by Gasteiger charge is 2.33. The summed E-state index contributed by atoms with van der Waals surface area (Å²) in [5, 5.41) is 0. The Hall–Kier alpha value is -1.65. The number of hydrogen-bond acceptors (Lipinski definition) is 0. The van der Waals surface area contributed by atoms with Crippen LogP contribution in [0.3, 0.4) is 0 Å². The maximum Gasteiger partial charge on any atom is 0.200 e. The zero-order chi connectivity index (χ0) is 20.8. The minimum Gasteiger partial charge on any atom is -0.203 e. The minimum absolute atomic E-state index is 0.00308. The van der Waals surface area contributed by atoms with E-state index in [9.17, 15) is 22.0 Å². The molecule has 1 atom stereocenters. The Morgan fingerprint density at radius 2 is 1.18 bits per heavy atom. The Morgan fingerprint density at radius 3 is 1.71 bits per heavy atom. The number of rotatable bonds is 10. The van der Waals surface area contributed by atoms with Gasteiger partial charge in [0.2, 0.25) is 5.82 Å². The zero-order valence-electron chi connectivity index (χ0n) is 16.9. The Kier molecular flexibility index (Phi) is 8.26. The van der Waals surface area contributed by atoms with Gasteiger partial charge in [-0.2, -0.15) is 0 Å². The van der Waals surface area contributed by atoms with Gasteiger partial charge in [-0.3, -0.25) is 0 Å². The third-order valence-corrected chi connectivity index (χ3v) is 5.46. The van der Waals surface area contributed by atoms with Crippen LogP contribution in [0.25, 0.3) is 5.57 Å². The smallest absolute Gasteiger partial charge is 0.200 e. The van der Waals surface area contributed by atoms with E-state index in [2.05, 4.69) is 13.8 Å². The van der Waals surface area contributed by atoms with Crippen molar-refractivity contribution in [2.45, 2.75) is 78.6 Å². The quantitative estimate of drug-likeness (QED) is 0.211. The van der Waals surface area contributed by atoms with Crippen LogP contribution in [0.15, 0.2) is 17.2 Å². The topological polar surface area (TPSA) is 0 Å². The van der Waals surface area contributed by atoms with Crippen molar-refractivity contribution in [2.24, 2.45) is 5.92 Å². The molecule has 1 aliphatic rings. The van der Waals surface area contributed by atoms with Crippen LogP contribution in [0.1, 0.15) is 84.1 Å². The SMILES string of the molecule is CCCCC1=C(CCCC)C(CCCC)C=C1c1c(F)c(F)c(F)c(F)c1F. The number of halogens is 5. The molecule has 1 unspecified atom stereocenters. The van der Waals surface area contributed by atoms with Gasteiger partial charge in [0.15, 0.2) is 23.3 Å². The first-order valence-corrected chi connectivity index (χ1v) is 10.3. The van der Waals surface area contributed by atoms with Crippen molar-refractivity contribution in [3.8, 4) is 0 Å². The van der Waals surface area contributed by atoms with E-state index in [1.165, 1.54) is 0 Å². The van der Waals surface area contributed by atoms with Gasteiger partial charge < -0.3 is 0 Å². The van der Waals surface area contributed by atoms with Crippen molar-refractivity contribution in [2.75, 3.05) is 0 Å². The number of hydrogen-bond donors (Lipinski definition) is 0. The summed E-state index contributed by atoms with van der Waals surface area (Å²) in [7, 11) is 0. The van der Waals surface area contributed by atoms with E-state index in [-0.39, 0.29) is 11.5 Å². The highest BCUT2D eigenvalue weighted by Crippen LogP contribution is 2.45. The molecule has 0 nitrogen and oxygen atoms in total. The molecule has 1 aromatic carbocycles. The molecule has 0 aromatic heterocycles. The van der Waals surface area contributed by atoms with Gasteiger partial charge in [-0.25, -0.2) is 22.0 Å². The second-order valence-corrected chi connectivity index (χ2v) is 7.48. The lowest BCUT2D eigenvalue weighted by atomic mass is 9.89. The third-order valence-electron chi connectivity index (χ3n) is 5.46. The Labute approximate surface area is 164 Å². The fourth-order valence-corrected chi connectivity index (χ4v) is 3.91. The fourth-order valence-electron chi connectivity index (χ4n) is 3.91. The first kappa shape index (κ1) is 22.6. The van der Waals surface area contributed by atoms with E-state index in [1.807, 2.05) is 6.92 Å². The summed E-state index contributed by atoms with van der Waals surface area (Å²) in [5.41, 5.74) is 1.33. The average molecular weight is 400 g/mol. The van der Waals surface area contributed by atoms with Crippen LogP contribution in [0.5, 0.6) is 0 Å². The van der Waals surface area contributed by atoms with E-state index in [1.54, 1.807) is 6.08 Å². The van der Waals surface area contributed by atoms with Crippen molar-refractivity contribution in [3.05, 3.63) is 51.9 Å². The van der Waals surface area contributed by atoms with Crippen LogP contribution in [-0.2, 0) is 0 Å². The highest BCUT2D eigenvalue weighted by atomic mass is 19.2. The molecule has 2 rings (SSSR count). The molecule has 0 saturated carbocycles. The molecule has 0 radical (unpaired) electrons. The van der Waals surface area contributed by atoms with Gasteiger partial charge in [0, 0.05) is 0 Å². The van der Waals surface area contributed by atoms with Gasteiger partial charge in [-0.05, 0) is 49.2 Å². The molecule has 0 amide bonds. The molecule has 0 spiro atoms. The molecule has 0 aliphatic heterocycles. The van der Waals surface area contributed by atoms with Crippen LogP contribution < -0.4 is 0 Å². The second-order valence-electron chi connectivity index (χ2n) is 7.48. The molecule has 0 heterocycles. The summed E-state index contributed by atoms with van der Waals surface area (Å²) in [6.07, 6.45) is 9.47. The van der Waals surface area contributed by atoms with Crippen molar-refractivity contribution >= 4 is 5.57 Å². The molecular formula is C23H29F5. The second kappa shape index (κ2) is 10.2. The van der Waals surface area contributed by atoms with Crippen LogP contribution in [0, 0.1) is 35.0 Å². The standard InChI is InChI=1S/C23H29F5/c1-4-7-10-14-13-17(16(12-9-6-3)15(14)11-8-5-2)18-19(24)21(26)23(28)22(27)20(18)25/h13-14H,4-12H2,1-3H3. The summed E-state index contributed by atoms with van der Waals surface area (Å²) in [5.74, 6) is -9.33. The monoisotopic (exact) mass is 400 g/mol. The van der Waals surface area contributed by atoms with Gasteiger partial charge in [0.25, 0.3) is 0 Å². The maximum absolute atomic E-state index is 14.5. The van der Waals surface area contributed by atoms with Crippen molar-refractivity contribution in [1.82, 2.24) is 0 Å². The fraction of sp³-hybridized carbons (Fsp3) is 0.565. The molecule has 0 bridgehead atoms. The molecular weight excluding hydrogens is 371 g/mol.